The number of nitrogens with one attached hydrogen (secondary N) is 3. The molecule has 3 amide bonds. The molecule has 1 aliphatic heterocycles. The van der Waals surface area contributed by atoms with Gasteiger partial charge in [-0.2, -0.15) is 0 Å². The maximum Gasteiger partial charge on any atom is 0.337 e. The average molecular weight is 457 g/mol. The van der Waals surface area contributed by atoms with Crippen LogP contribution in [0.5, 0.6) is 0 Å². The molecule has 0 saturated carbocycles. The molecule has 0 aromatic heterocycles. The smallest absolute Gasteiger partial charge is 0.337 e. The van der Waals surface area contributed by atoms with Gasteiger partial charge in [0, 0.05) is 31.0 Å². The Bertz CT molecular complexity index is 1280. The first-order chi connectivity index (χ1) is 16.4. The number of rotatable bonds is 5. The van der Waals surface area contributed by atoms with Gasteiger partial charge in [-0.1, -0.05) is 36.4 Å². The Kier molecular flexibility index (Phi) is 6.31. The normalized spacial score (nSPS) is 13.4. The highest BCUT2D eigenvalue weighted by Gasteiger charge is 2.29. The number of urea groups is 1. The molecule has 1 heterocycles. The van der Waals surface area contributed by atoms with Gasteiger partial charge in [0.2, 0.25) is 0 Å². The molecule has 0 fully saturated rings. The van der Waals surface area contributed by atoms with Gasteiger partial charge in [-0.15, -0.1) is 0 Å². The van der Waals surface area contributed by atoms with Gasteiger partial charge >= 0.3 is 12.0 Å². The van der Waals surface area contributed by atoms with Gasteiger partial charge in [-0.05, 0) is 42.0 Å². The van der Waals surface area contributed by atoms with Crippen molar-refractivity contribution in [3.63, 3.8) is 0 Å². The van der Waals surface area contributed by atoms with Crippen molar-refractivity contribution in [3.05, 3.63) is 89.5 Å². The summed E-state index contributed by atoms with van der Waals surface area (Å²) in [5, 5.41) is 8.81. The van der Waals surface area contributed by atoms with Crippen molar-refractivity contribution < 1.29 is 19.1 Å². The third-order valence-corrected chi connectivity index (χ3v) is 5.54. The molecule has 1 aliphatic rings. The maximum absolute atomic E-state index is 13.1. The molecule has 3 aromatic carbocycles. The molecular formula is C26H24N4O4. The predicted molar refractivity (Wildman–Crippen MR) is 133 cm³/mol. The molecule has 0 saturated heterocycles. The number of amides is 3. The van der Waals surface area contributed by atoms with Crippen LogP contribution in [0, 0.1) is 0 Å². The Morgan fingerprint density at radius 3 is 2.29 bits per heavy atom. The van der Waals surface area contributed by atoms with Crippen LogP contribution in [0.2, 0.25) is 0 Å². The Balaban J connectivity index is 1.76. The zero-order valence-electron chi connectivity index (χ0n) is 19.0. The van der Waals surface area contributed by atoms with Gasteiger partial charge in [-0.3, -0.25) is 9.69 Å². The maximum atomic E-state index is 13.1. The van der Waals surface area contributed by atoms with E-state index in [9.17, 15) is 14.4 Å². The van der Waals surface area contributed by atoms with Crippen LogP contribution in [0.15, 0.2) is 72.8 Å². The molecule has 0 radical (unpaired) electrons. The number of fused-ring (bicyclic) bond motifs is 1. The van der Waals surface area contributed by atoms with Crippen molar-refractivity contribution in [2.45, 2.75) is 0 Å². The molecule has 4 rings (SSSR count). The van der Waals surface area contributed by atoms with Crippen LogP contribution in [0.1, 0.15) is 21.5 Å². The lowest BCUT2D eigenvalue weighted by Gasteiger charge is -2.18. The summed E-state index contributed by atoms with van der Waals surface area (Å²) < 4.78 is 4.79. The summed E-state index contributed by atoms with van der Waals surface area (Å²) in [6.07, 6.45) is 0. The van der Waals surface area contributed by atoms with Gasteiger partial charge in [0.1, 0.15) is 0 Å². The molecule has 172 valence electrons. The van der Waals surface area contributed by atoms with Crippen molar-refractivity contribution >= 4 is 46.2 Å². The zero-order valence-corrected chi connectivity index (χ0v) is 19.0. The van der Waals surface area contributed by atoms with E-state index in [1.165, 1.54) is 12.0 Å². The molecule has 0 aliphatic carbocycles. The SMILES string of the molecule is CNC(=O)N(C)c1ccc(N/C(=C2/C(=O)Nc3cc(C(=O)OC)ccc32)c2ccccc2)cc1. The minimum Gasteiger partial charge on any atom is -0.465 e. The van der Waals surface area contributed by atoms with Crippen molar-refractivity contribution in [1.29, 1.82) is 0 Å². The van der Waals surface area contributed by atoms with Crippen LogP contribution in [-0.4, -0.2) is 39.1 Å². The van der Waals surface area contributed by atoms with Gasteiger partial charge in [-0.25, -0.2) is 9.59 Å². The van der Waals surface area contributed by atoms with E-state index in [2.05, 4.69) is 16.0 Å². The molecule has 0 unspecified atom stereocenters. The molecule has 34 heavy (non-hydrogen) atoms. The summed E-state index contributed by atoms with van der Waals surface area (Å²) in [5.41, 5.74) is 4.95. The Hall–Kier alpha value is -4.59. The van der Waals surface area contributed by atoms with Crippen LogP contribution in [0.4, 0.5) is 21.9 Å². The van der Waals surface area contributed by atoms with Crippen LogP contribution in [0.3, 0.4) is 0 Å². The minimum atomic E-state index is -0.474. The van der Waals surface area contributed by atoms with E-state index >= 15 is 0 Å². The number of carbonyl (C=O) groups excluding carboxylic acids is 3. The number of hydrogen-bond donors (Lipinski definition) is 3. The van der Waals surface area contributed by atoms with Crippen LogP contribution in [-0.2, 0) is 9.53 Å². The molecule has 0 spiro atoms. The topological polar surface area (TPSA) is 99.8 Å². The predicted octanol–water partition coefficient (Wildman–Crippen LogP) is 4.18. The molecule has 0 bridgehead atoms. The fourth-order valence-electron chi connectivity index (χ4n) is 3.75. The van der Waals surface area contributed by atoms with E-state index < -0.39 is 5.97 Å². The summed E-state index contributed by atoms with van der Waals surface area (Å²) in [6.45, 7) is 0. The summed E-state index contributed by atoms with van der Waals surface area (Å²) in [4.78, 5) is 38.4. The van der Waals surface area contributed by atoms with E-state index in [0.29, 0.717) is 28.1 Å². The van der Waals surface area contributed by atoms with Crippen molar-refractivity contribution in [1.82, 2.24) is 5.32 Å². The highest BCUT2D eigenvalue weighted by molar-refractivity contribution is 6.37. The number of methoxy groups -OCH3 is 1. The summed E-state index contributed by atoms with van der Waals surface area (Å²) in [6, 6.07) is 21.6. The molecule has 8 heteroatoms. The van der Waals surface area contributed by atoms with Crippen molar-refractivity contribution in [3.8, 4) is 0 Å². The van der Waals surface area contributed by atoms with E-state index in [1.54, 1.807) is 32.3 Å². The summed E-state index contributed by atoms with van der Waals surface area (Å²) in [7, 11) is 4.57. The number of anilines is 3. The Morgan fingerprint density at radius 1 is 0.941 bits per heavy atom. The van der Waals surface area contributed by atoms with E-state index in [-0.39, 0.29) is 11.9 Å². The monoisotopic (exact) mass is 456 g/mol. The van der Waals surface area contributed by atoms with Crippen molar-refractivity contribution in [2.75, 3.05) is 36.7 Å². The Labute approximate surface area is 197 Å². The number of benzene rings is 3. The molecular weight excluding hydrogens is 432 g/mol. The van der Waals surface area contributed by atoms with Gasteiger partial charge in [0.05, 0.1) is 29.6 Å². The second-order valence-corrected chi connectivity index (χ2v) is 7.61. The molecule has 8 nitrogen and oxygen atoms in total. The van der Waals surface area contributed by atoms with E-state index in [1.807, 2.05) is 54.6 Å². The van der Waals surface area contributed by atoms with E-state index in [4.69, 9.17) is 4.74 Å². The molecule has 0 atom stereocenters. The third-order valence-electron chi connectivity index (χ3n) is 5.54. The van der Waals surface area contributed by atoms with Crippen LogP contribution in [0.25, 0.3) is 11.3 Å². The van der Waals surface area contributed by atoms with Crippen LogP contribution < -0.4 is 20.9 Å². The lowest BCUT2D eigenvalue weighted by molar-refractivity contribution is -0.110. The molecule has 3 aromatic rings. The second-order valence-electron chi connectivity index (χ2n) is 7.61. The third kappa shape index (κ3) is 4.33. The van der Waals surface area contributed by atoms with Crippen LogP contribution >= 0.6 is 0 Å². The van der Waals surface area contributed by atoms with Gasteiger partial charge < -0.3 is 20.7 Å². The summed E-state index contributed by atoms with van der Waals surface area (Å²) in [5.74, 6) is -0.753. The first-order valence-corrected chi connectivity index (χ1v) is 10.6. The highest BCUT2D eigenvalue weighted by atomic mass is 16.5. The van der Waals surface area contributed by atoms with Gasteiger partial charge in [0.15, 0.2) is 0 Å². The minimum absolute atomic E-state index is 0.224. The standard InChI is InChI=1S/C26H24N4O4/c1-27-26(33)30(2)19-12-10-18(11-13-19)28-23(16-7-5-4-6-8-16)22-20-14-9-17(25(32)34-3)15-21(20)29-24(22)31/h4-15,28H,1-3H3,(H,27,33)(H,29,31)/b23-22+. The lowest BCUT2D eigenvalue weighted by Crippen LogP contribution is -2.34. The number of hydrogen-bond acceptors (Lipinski definition) is 5. The van der Waals surface area contributed by atoms with Crippen molar-refractivity contribution in [2.24, 2.45) is 0 Å². The fraction of sp³-hybridized carbons (Fsp3) is 0.115. The highest BCUT2D eigenvalue weighted by Crippen LogP contribution is 2.38. The second kappa shape index (κ2) is 9.50. The number of ether oxygens (including phenoxy) is 1. The zero-order chi connectivity index (χ0) is 24.2. The average Bonchev–Trinajstić information content (AvgIpc) is 3.21. The largest absolute Gasteiger partial charge is 0.465 e. The van der Waals surface area contributed by atoms with E-state index in [0.717, 1.165) is 16.9 Å². The van der Waals surface area contributed by atoms with Gasteiger partial charge in [0.25, 0.3) is 5.91 Å². The first-order valence-electron chi connectivity index (χ1n) is 10.6. The first kappa shape index (κ1) is 22.6. The number of esters is 1. The molecule has 3 N–H and O–H groups in total. The number of carbonyl (C=O) groups is 3. The quantitative estimate of drug-likeness (QED) is 0.395. The summed E-state index contributed by atoms with van der Waals surface area (Å²) >= 11 is 0. The lowest BCUT2D eigenvalue weighted by atomic mass is 9.99. The Morgan fingerprint density at radius 2 is 1.65 bits per heavy atom. The number of nitrogens with zero attached hydrogens (tertiary/aromatic N) is 1. The fourth-order valence-corrected chi connectivity index (χ4v) is 3.75.